The van der Waals surface area contributed by atoms with E-state index in [0.29, 0.717) is 12.8 Å². The van der Waals surface area contributed by atoms with Gasteiger partial charge in [0.15, 0.2) is 6.10 Å². The summed E-state index contributed by atoms with van der Waals surface area (Å²) in [4.78, 5) is 46.0. The summed E-state index contributed by atoms with van der Waals surface area (Å²) in [5, 5.41) is 19.1. The van der Waals surface area contributed by atoms with Crippen molar-refractivity contribution >= 4 is 25.7 Å². The fourth-order valence-electron chi connectivity index (χ4n) is 4.93. The van der Waals surface area contributed by atoms with Crippen molar-refractivity contribution in [3.05, 3.63) is 122 Å². The van der Waals surface area contributed by atoms with Crippen molar-refractivity contribution in [1.29, 1.82) is 0 Å². The second-order valence-electron chi connectivity index (χ2n) is 13.9. The summed E-state index contributed by atoms with van der Waals surface area (Å²) < 4.78 is 32.5. The minimum atomic E-state index is -4.78. The van der Waals surface area contributed by atoms with E-state index in [0.717, 1.165) is 77.0 Å². The van der Waals surface area contributed by atoms with Gasteiger partial charge in [0.2, 0.25) is 0 Å². The monoisotopic (exact) mass is 871 g/mol. The summed E-state index contributed by atoms with van der Waals surface area (Å²) in [6.07, 6.45) is 51.5. The van der Waals surface area contributed by atoms with Gasteiger partial charge in [-0.3, -0.25) is 23.4 Å². The van der Waals surface area contributed by atoms with Crippen molar-refractivity contribution in [2.45, 2.75) is 141 Å². The molecule has 0 saturated heterocycles. The summed E-state index contributed by atoms with van der Waals surface area (Å²) in [5.74, 6) is -2.64. The standard InChI is InChI=1S/C48H74NO11P/c1-3-5-7-9-11-13-15-17-18-19-20-22-24-26-28-30-34-38-46(51)57-40-44(41-58-61(55,56)59-42-45(49)48(53)54)60-47(52)39-35-31-33-37-43(50)36-32-29-27-25-23-21-16-14-12-10-8-6-4-2/h5-8,11-14,17-18,20-23,27,29,31-33,36,43-45,50H,3-4,9-10,15-16,19,24-26,28,30,34-35,37-42,49H2,1-2H3,(H,53,54)(H,55,56)/b7-5-,8-6-,13-11-,14-12-,18-17-,22-20-,23-21-,29-27-,33-31-,36-32-/t43?,44-,45+/m1/s1. The molecule has 61 heavy (non-hydrogen) atoms. The largest absolute Gasteiger partial charge is 0.480 e. The van der Waals surface area contributed by atoms with E-state index in [1.807, 2.05) is 12.2 Å². The number of carbonyl (C=O) groups excluding carboxylic acids is 2. The number of phosphoric acid groups is 1. The summed E-state index contributed by atoms with van der Waals surface area (Å²) in [6, 6.07) is -1.56. The number of aliphatic hydroxyl groups is 1. The van der Waals surface area contributed by atoms with E-state index < -0.39 is 63.8 Å². The van der Waals surface area contributed by atoms with Crippen LogP contribution in [0.2, 0.25) is 0 Å². The van der Waals surface area contributed by atoms with E-state index in [-0.39, 0.29) is 19.3 Å². The summed E-state index contributed by atoms with van der Waals surface area (Å²) in [7, 11) is -4.78. The van der Waals surface area contributed by atoms with Crippen LogP contribution >= 0.6 is 7.82 Å². The molecule has 0 radical (unpaired) electrons. The van der Waals surface area contributed by atoms with E-state index in [1.165, 1.54) is 0 Å². The van der Waals surface area contributed by atoms with Crippen LogP contribution in [0.3, 0.4) is 0 Å². The Hall–Kier alpha value is -4.16. The lowest BCUT2D eigenvalue weighted by molar-refractivity contribution is -0.161. The minimum Gasteiger partial charge on any atom is -0.480 e. The smallest absolute Gasteiger partial charge is 0.472 e. The molecule has 0 rings (SSSR count). The van der Waals surface area contributed by atoms with Crippen molar-refractivity contribution in [1.82, 2.24) is 0 Å². The number of nitrogens with two attached hydrogens (primary N) is 1. The number of hydrogen-bond acceptors (Lipinski definition) is 10. The molecule has 0 aliphatic carbocycles. The molecule has 0 amide bonds. The van der Waals surface area contributed by atoms with Gasteiger partial charge in [-0.15, -0.1) is 0 Å². The Morgan fingerprint density at radius 2 is 1.10 bits per heavy atom. The van der Waals surface area contributed by atoms with Crippen LogP contribution < -0.4 is 5.73 Å². The molecule has 0 fully saturated rings. The van der Waals surface area contributed by atoms with E-state index in [9.17, 15) is 28.9 Å². The molecule has 0 spiro atoms. The number of carboxylic acid groups (broad SMARTS) is 1. The van der Waals surface area contributed by atoms with Crippen LogP contribution in [0.4, 0.5) is 0 Å². The molecule has 0 aliphatic rings. The molecule has 2 unspecified atom stereocenters. The van der Waals surface area contributed by atoms with E-state index in [1.54, 1.807) is 24.3 Å². The molecule has 0 aromatic carbocycles. The molecule has 0 aromatic rings. The lowest BCUT2D eigenvalue weighted by Crippen LogP contribution is -2.34. The SMILES string of the molecule is CC/C=C\C/C=C\C/C=C\C/C=C\C=C/C(O)C/C=C\CCC(=O)O[C@H](COC(=O)CCCCCC/C=C\C/C=C\C/C=C\C/C=C\CC)COP(=O)(O)OC[C@H](N)C(=O)O. The van der Waals surface area contributed by atoms with Gasteiger partial charge in [-0.2, -0.15) is 0 Å². The third-order valence-electron chi connectivity index (χ3n) is 8.30. The highest BCUT2D eigenvalue weighted by molar-refractivity contribution is 7.47. The highest BCUT2D eigenvalue weighted by atomic mass is 31.2. The number of unbranched alkanes of at least 4 members (excludes halogenated alkanes) is 4. The zero-order valence-corrected chi connectivity index (χ0v) is 37.4. The second kappa shape index (κ2) is 41.2. The van der Waals surface area contributed by atoms with Crippen LogP contribution in [0.25, 0.3) is 0 Å². The lowest BCUT2D eigenvalue weighted by atomic mass is 10.1. The molecule has 0 aromatic heterocycles. The van der Waals surface area contributed by atoms with Gasteiger partial charge in [-0.1, -0.05) is 148 Å². The first-order chi connectivity index (χ1) is 29.5. The summed E-state index contributed by atoms with van der Waals surface area (Å²) in [5.41, 5.74) is 5.32. The number of allylic oxidation sites excluding steroid dienone is 18. The Balaban J connectivity index is 4.66. The molecule has 0 aliphatic heterocycles. The maximum absolute atomic E-state index is 12.6. The summed E-state index contributed by atoms with van der Waals surface area (Å²) in [6.45, 7) is 2.34. The van der Waals surface area contributed by atoms with Crippen molar-refractivity contribution in [2.24, 2.45) is 5.73 Å². The zero-order valence-electron chi connectivity index (χ0n) is 36.6. The Labute approximate surface area is 365 Å². The topological polar surface area (TPSA) is 192 Å². The fraction of sp³-hybridized carbons (Fsp3) is 0.521. The van der Waals surface area contributed by atoms with Crippen molar-refractivity contribution in [2.75, 3.05) is 19.8 Å². The Morgan fingerprint density at radius 1 is 0.590 bits per heavy atom. The lowest BCUT2D eigenvalue weighted by Gasteiger charge is -2.20. The number of esters is 2. The van der Waals surface area contributed by atoms with Crippen LogP contribution in [0.15, 0.2) is 122 Å². The van der Waals surface area contributed by atoms with Crippen molar-refractivity contribution < 1.29 is 52.6 Å². The van der Waals surface area contributed by atoms with Gasteiger partial charge in [-0.05, 0) is 83.5 Å². The van der Waals surface area contributed by atoms with Gasteiger partial charge >= 0.3 is 25.7 Å². The normalized spacial score (nSPS) is 15.4. The van der Waals surface area contributed by atoms with Crippen LogP contribution in [-0.2, 0) is 37.5 Å². The van der Waals surface area contributed by atoms with Crippen molar-refractivity contribution in [3.63, 3.8) is 0 Å². The first-order valence-electron chi connectivity index (χ1n) is 21.7. The van der Waals surface area contributed by atoms with Gasteiger partial charge in [-0.25, -0.2) is 4.57 Å². The predicted octanol–water partition coefficient (Wildman–Crippen LogP) is 10.6. The number of hydrogen-bond donors (Lipinski definition) is 4. The second-order valence-corrected chi connectivity index (χ2v) is 15.4. The average Bonchev–Trinajstić information content (AvgIpc) is 3.23. The zero-order chi connectivity index (χ0) is 45.1. The van der Waals surface area contributed by atoms with Gasteiger partial charge in [0.05, 0.1) is 19.3 Å². The highest BCUT2D eigenvalue weighted by Crippen LogP contribution is 2.43. The first-order valence-corrected chi connectivity index (χ1v) is 23.2. The number of ether oxygens (including phenoxy) is 2. The van der Waals surface area contributed by atoms with Gasteiger partial charge in [0.25, 0.3) is 0 Å². The predicted molar refractivity (Wildman–Crippen MR) is 245 cm³/mol. The molecular weight excluding hydrogens is 797 g/mol. The Bertz CT molecular complexity index is 1510. The molecule has 12 nitrogen and oxygen atoms in total. The minimum absolute atomic E-state index is 0.0590. The molecule has 4 atom stereocenters. The molecule has 0 bridgehead atoms. The molecule has 5 N–H and O–H groups in total. The number of aliphatic hydroxyl groups excluding tert-OH is 1. The molecule has 342 valence electrons. The number of aliphatic carboxylic acids is 1. The maximum atomic E-state index is 12.6. The van der Waals surface area contributed by atoms with Gasteiger partial charge < -0.3 is 30.3 Å². The van der Waals surface area contributed by atoms with Crippen LogP contribution in [0.5, 0.6) is 0 Å². The van der Waals surface area contributed by atoms with Gasteiger partial charge in [0, 0.05) is 12.8 Å². The van der Waals surface area contributed by atoms with Crippen LogP contribution in [0.1, 0.15) is 123 Å². The fourth-order valence-corrected chi connectivity index (χ4v) is 5.71. The molecule has 0 heterocycles. The average molecular weight is 872 g/mol. The highest BCUT2D eigenvalue weighted by Gasteiger charge is 2.28. The quantitative estimate of drug-likeness (QED) is 0.0151. The van der Waals surface area contributed by atoms with Gasteiger partial charge in [0.1, 0.15) is 12.6 Å². The van der Waals surface area contributed by atoms with E-state index >= 15 is 0 Å². The molecule has 13 heteroatoms. The molecular formula is C48H74NO11P. The third-order valence-corrected chi connectivity index (χ3v) is 9.25. The molecule has 0 saturated carbocycles. The Morgan fingerprint density at radius 3 is 1.67 bits per heavy atom. The van der Waals surface area contributed by atoms with E-state index in [4.69, 9.17) is 24.8 Å². The third kappa shape index (κ3) is 41.0. The Kier molecular flexibility index (Phi) is 38.4. The number of phosphoric ester groups is 1. The maximum Gasteiger partial charge on any atom is 0.472 e. The number of carboxylic acids is 1. The number of carbonyl (C=O) groups is 3. The van der Waals surface area contributed by atoms with Crippen LogP contribution in [0, 0.1) is 0 Å². The first kappa shape index (κ1) is 56.8. The summed E-state index contributed by atoms with van der Waals surface area (Å²) >= 11 is 0. The van der Waals surface area contributed by atoms with Crippen molar-refractivity contribution in [3.8, 4) is 0 Å². The van der Waals surface area contributed by atoms with E-state index in [2.05, 4.69) is 103 Å². The van der Waals surface area contributed by atoms with Crippen LogP contribution in [-0.4, -0.2) is 71.1 Å². The number of rotatable bonds is 38.